The Bertz CT molecular complexity index is 531. The first kappa shape index (κ1) is 15.3. The Kier molecular flexibility index (Phi) is 4.67. The molecular weight excluding hydrogens is 276 g/mol. The first-order valence-electron chi connectivity index (χ1n) is 6.98. The maximum Gasteiger partial charge on any atom is 0.241 e. The number of ether oxygens (including phenoxy) is 1. The van der Waals surface area contributed by atoms with Crippen LogP contribution in [0.3, 0.4) is 0 Å². The monoisotopic (exact) mass is 298 g/mol. The lowest BCUT2D eigenvalue weighted by Crippen LogP contribution is -2.52. The van der Waals surface area contributed by atoms with E-state index in [0.29, 0.717) is 18.9 Å². The third kappa shape index (κ3) is 3.31. The molecule has 0 spiro atoms. The van der Waals surface area contributed by atoms with Crippen molar-refractivity contribution in [3.8, 4) is 5.75 Å². The maximum absolute atomic E-state index is 12.4. The molecule has 1 aromatic carbocycles. The molecule has 0 unspecified atom stereocenters. The molecule has 0 heterocycles. The molecule has 1 aliphatic rings. The maximum atomic E-state index is 12.4. The molecule has 0 bridgehead atoms. The van der Waals surface area contributed by atoms with Gasteiger partial charge < -0.3 is 10.5 Å². The molecule has 1 fully saturated rings. The summed E-state index contributed by atoms with van der Waals surface area (Å²) in [5.74, 6) is 0.628. The molecule has 0 radical (unpaired) electrons. The molecule has 0 saturated heterocycles. The van der Waals surface area contributed by atoms with E-state index in [4.69, 9.17) is 10.5 Å². The number of hydrogen-bond acceptors (Lipinski definition) is 4. The molecule has 1 aromatic rings. The van der Waals surface area contributed by atoms with Gasteiger partial charge in [0.15, 0.2) is 0 Å². The molecule has 112 valence electrons. The average molecular weight is 298 g/mol. The summed E-state index contributed by atoms with van der Waals surface area (Å²) >= 11 is 0. The summed E-state index contributed by atoms with van der Waals surface area (Å²) in [5.41, 5.74) is 5.11. The van der Waals surface area contributed by atoms with Crippen LogP contribution in [-0.4, -0.2) is 27.1 Å². The van der Waals surface area contributed by atoms with E-state index in [1.165, 1.54) is 0 Å². The van der Waals surface area contributed by atoms with Crippen molar-refractivity contribution in [3.63, 3.8) is 0 Å². The van der Waals surface area contributed by atoms with Crippen molar-refractivity contribution < 1.29 is 13.2 Å². The molecular formula is C14H22N2O3S. The van der Waals surface area contributed by atoms with Crippen LogP contribution in [0.4, 0.5) is 0 Å². The second-order valence-corrected chi connectivity index (χ2v) is 6.88. The van der Waals surface area contributed by atoms with Gasteiger partial charge in [-0.05, 0) is 49.9 Å². The largest absolute Gasteiger partial charge is 0.492 e. The molecule has 20 heavy (non-hydrogen) atoms. The van der Waals surface area contributed by atoms with Crippen LogP contribution in [-0.2, 0) is 10.0 Å². The molecule has 2 rings (SSSR count). The van der Waals surface area contributed by atoms with E-state index in [2.05, 4.69) is 4.72 Å². The highest BCUT2D eigenvalue weighted by molar-refractivity contribution is 7.89. The topological polar surface area (TPSA) is 81.4 Å². The molecule has 0 aliphatic heterocycles. The van der Waals surface area contributed by atoms with Crippen LogP contribution in [0.25, 0.3) is 0 Å². The summed E-state index contributed by atoms with van der Waals surface area (Å²) in [4.78, 5) is 0.275. The summed E-state index contributed by atoms with van der Waals surface area (Å²) in [6.45, 7) is 2.87. The highest BCUT2D eigenvalue weighted by Gasteiger charge is 2.38. The zero-order valence-electron chi connectivity index (χ0n) is 11.8. The lowest BCUT2D eigenvalue weighted by Gasteiger charge is -2.41. The van der Waals surface area contributed by atoms with Gasteiger partial charge in [-0.1, -0.05) is 6.92 Å². The minimum Gasteiger partial charge on any atom is -0.492 e. The molecule has 0 atom stereocenters. The summed E-state index contributed by atoms with van der Waals surface area (Å²) in [6, 6.07) is 6.44. The van der Waals surface area contributed by atoms with Crippen molar-refractivity contribution in [2.24, 2.45) is 5.73 Å². The Morgan fingerprint density at radius 3 is 2.40 bits per heavy atom. The fourth-order valence-corrected chi connectivity index (χ4v) is 3.90. The Morgan fingerprint density at radius 2 is 1.95 bits per heavy atom. The van der Waals surface area contributed by atoms with Crippen molar-refractivity contribution in [3.05, 3.63) is 24.3 Å². The predicted octanol–water partition coefficient (Wildman–Crippen LogP) is 1.64. The van der Waals surface area contributed by atoms with E-state index in [1.807, 2.05) is 6.92 Å². The van der Waals surface area contributed by atoms with E-state index in [9.17, 15) is 8.42 Å². The van der Waals surface area contributed by atoms with Crippen molar-refractivity contribution in [1.82, 2.24) is 4.72 Å². The number of hydrogen-bond donors (Lipinski definition) is 2. The van der Waals surface area contributed by atoms with E-state index >= 15 is 0 Å². The number of sulfonamides is 1. The van der Waals surface area contributed by atoms with Gasteiger partial charge in [0.2, 0.25) is 10.0 Å². The summed E-state index contributed by atoms with van der Waals surface area (Å²) < 4.78 is 32.9. The third-order valence-electron chi connectivity index (χ3n) is 3.86. The van der Waals surface area contributed by atoms with E-state index in [0.717, 1.165) is 25.7 Å². The second-order valence-electron chi connectivity index (χ2n) is 5.20. The quantitative estimate of drug-likeness (QED) is 0.801. The smallest absolute Gasteiger partial charge is 0.241 e. The van der Waals surface area contributed by atoms with Crippen LogP contribution >= 0.6 is 0 Å². The molecule has 1 saturated carbocycles. The Hall–Kier alpha value is -1.11. The van der Waals surface area contributed by atoms with Gasteiger partial charge in [-0.3, -0.25) is 0 Å². The number of nitrogens with one attached hydrogen (secondary N) is 1. The minimum absolute atomic E-state index is 0.243. The third-order valence-corrected chi connectivity index (χ3v) is 5.45. The van der Waals surface area contributed by atoms with Crippen LogP contribution < -0.4 is 15.2 Å². The van der Waals surface area contributed by atoms with E-state index in [1.54, 1.807) is 24.3 Å². The molecule has 5 nitrogen and oxygen atoms in total. The van der Waals surface area contributed by atoms with Crippen molar-refractivity contribution in [2.45, 2.75) is 43.0 Å². The molecule has 1 aliphatic carbocycles. The zero-order chi connectivity index (χ0) is 14.6. The first-order chi connectivity index (χ1) is 9.51. The lowest BCUT2D eigenvalue weighted by molar-refractivity contribution is 0.214. The fourth-order valence-electron chi connectivity index (χ4n) is 2.37. The summed E-state index contributed by atoms with van der Waals surface area (Å²) in [6.07, 6.45) is 3.74. The lowest BCUT2D eigenvalue weighted by atomic mass is 9.76. The van der Waals surface area contributed by atoms with Gasteiger partial charge in [0.05, 0.1) is 4.90 Å². The molecule has 6 heteroatoms. The number of benzene rings is 1. The van der Waals surface area contributed by atoms with Crippen molar-refractivity contribution >= 4 is 10.0 Å². The minimum atomic E-state index is -3.46. The standard InChI is InChI=1S/C14H22N2O3S/c1-2-14(8-3-9-14)16-20(17,18)13-6-4-12(5-7-13)19-11-10-15/h4-7,16H,2-3,8-11,15H2,1H3. The normalized spacial score (nSPS) is 17.5. The fraction of sp³-hybridized carbons (Fsp3) is 0.571. The first-order valence-corrected chi connectivity index (χ1v) is 8.46. The van der Waals surface area contributed by atoms with Gasteiger partial charge in [-0.25, -0.2) is 13.1 Å². The van der Waals surface area contributed by atoms with Gasteiger partial charge in [-0.15, -0.1) is 0 Å². The summed E-state index contributed by atoms with van der Waals surface area (Å²) in [5, 5.41) is 0. The van der Waals surface area contributed by atoms with Crippen LogP contribution in [0.5, 0.6) is 5.75 Å². The van der Waals surface area contributed by atoms with Gasteiger partial charge in [-0.2, -0.15) is 0 Å². The Balaban J connectivity index is 2.09. The number of nitrogens with two attached hydrogens (primary N) is 1. The van der Waals surface area contributed by atoms with E-state index < -0.39 is 10.0 Å². The van der Waals surface area contributed by atoms with Crippen LogP contribution in [0, 0.1) is 0 Å². The SMILES string of the molecule is CCC1(NS(=O)(=O)c2ccc(OCCN)cc2)CCC1. The Morgan fingerprint density at radius 1 is 1.30 bits per heavy atom. The van der Waals surface area contributed by atoms with Gasteiger partial charge >= 0.3 is 0 Å². The average Bonchev–Trinajstić information content (AvgIpc) is 2.41. The molecule has 3 N–H and O–H groups in total. The van der Waals surface area contributed by atoms with Crippen molar-refractivity contribution in [2.75, 3.05) is 13.2 Å². The molecule has 0 aromatic heterocycles. The number of rotatable bonds is 7. The van der Waals surface area contributed by atoms with Crippen molar-refractivity contribution in [1.29, 1.82) is 0 Å². The van der Waals surface area contributed by atoms with Gasteiger partial charge in [0.1, 0.15) is 12.4 Å². The molecule has 0 amide bonds. The Labute approximate surface area is 120 Å². The summed E-state index contributed by atoms with van der Waals surface area (Å²) in [7, 11) is -3.46. The van der Waals surface area contributed by atoms with Crippen LogP contribution in [0.1, 0.15) is 32.6 Å². The van der Waals surface area contributed by atoms with Gasteiger partial charge in [0.25, 0.3) is 0 Å². The van der Waals surface area contributed by atoms with E-state index in [-0.39, 0.29) is 10.4 Å². The predicted molar refractivity (Wildman–Crippen MR) is 78.2 cm³/mol. The highest BCUT2D eigenvalue weighted by Crippen LogP contribution is 2.36. The van der Waals surface area contributed by atoms with Crippen LogP contribution in [0.2, 0.25) is 0 Å². The second kappa shape index (κ2) is 6.11. The van der Waals surface area contributed by atoms with Gasteiger partial charge in [0, 0.05) is 12.1 Å². The van der Waals surface area contributed by atoms with Crippen LogP contribution in [0.15, 0.2) is 29.2 Å². The zero-order valence-corrected chi connectivity index (χ0v) is 12.6. The highest BCUT2D eigenvalue weighted by atomic mass is 32.2.